The lowest BCUT2D eigenvalue weighted by molar-refractivity contribution is 0.287. The van der Waals surface area contributed by atoms with Crippen LogP contribution in [0.1, 0.15) is 42.4 Å². The van der Waals surface area contributed by atoms with Gasteiger partial charge in [-0.15, -0.1) is 10.2 Å². The second-order valence-corrected chi connectivity index (χ2v) is 8.64. The third kappa shape index (κ3) is 4.94. The molecule has 32 heavy (non-hydrogen) atoms. The molecule has 4 aromatic rings. The maximum Gasteiger partial charge on any atom is 0.226 e. The molecule has 0 saturated heterocycles. The molecule has 0 radical (unpaired) electrons. The van der Waals surface area contributed by atoms with Gasteiger partial charge in [0, 0.05) is 11.3 Å². The second-order valence-electron chi connectivity index (χ2n) is 7.69. The Morgan fingerprint density at radius 2 is 1.94 bits per heavy atom. The van der Waals surface area contributed by atoms with Crippen LogP contribution in [0.25, 0.3) is 11.5 Å². The van der Waals surface area contributed by atoms with Crippen LogP contribution in [0.15, 0.2) is 58.3 Å². The first kappa shape index (κ1) is 21.9. The Morgan fingerprint density at radius 1 is 1.16 bits per heavy atom. The number of nitrogen functional groups attached to an aromatic ring is 1. The molecular formula is C23H24FN5O2S. The minimum absolute atomic E-state index is 0.214. The Morgan fingerprint density at radius 3 is 2.69 bits per heavy atom. The lowest BCUT2D eigenvalue weighted by Crippen LogP contribution is -2.16. The maximum absolute atomic E-state index is 13.1. The number of nitrogens with zero attached hydrogens (tertiary/aromatic N) is 4. The zero-order chi connectivity index (χ0) is 22.7. The molecule has 4 rings (SSSR count). The topological polar surface area (TPSA) is 92.0 Å². The number of nitrogens with two attached hydrogens (primary N) is 1. The van der Waals surface area contributed by atoms with Gasteiger partial charge in [-0.3, -0.25) is 0 Å². The van der Waals surface area contributed by atoms with E-state index in [0.29, 0.717) is 34.1 Å². The van der Waals surface area contributed by atoms with E-state index in [0.717, 1.165) is 22.6 Å². The highest BCUT2D eigenvalue weighted by Gasteiger charge is 2.15. The Bertz CT molecular complexity index is 1200. The third-order valence-corrected chi connectivity index (χ3v) is 5.85. The number of ether oxygens (including phenoxy) is 1. The minimum Gasteiger partial charge on any atom is -0.485 e. The van der Waals surface area contributed by atoms with Crippen molar-refractivity contribution in [3.8, 4) is 17.2 Å². The Balaban J connectivity index is 1.39. The van der Waals surface area contributed by atoms with Crippen molar-refractivity contribution in [2.24, 2.45) is 0 Å². The molecule has 2 aromatic heterocycles. The van der Waals surface area contributed by atoms with Crippen LogP contribution in [0.5, 0.6) is 5.75 Å². The summed E-state index contributed by atoms with van der Waals surface area (Å²) < 4.78 is 26.0. The second kappa shape index (κ2) is 9.44. The summed E-state index contributed by atoms with van der Waals surface area (Å²) in [5.41, 5.74) is 3.69. The molecule has 0 spiro atoms. The van der Waals surface area contributed by atoms with Crippen molar-refractivity contribution in [3.63, 3.8) is 0 Å². The van der Waals surface area contributed by atoms with E-state index in [9.17, 15) is 4.39 Å². The van der Waals surface area contributed by atoms with Crippen molar-refractivity contribution >= 4 is 11.8 Å². The van der Waals surface area contributed by atoms with Crippen LogP contribution in [-0.4, -0.2) is 19.9 Å². The Labute approximate surface area is 189 Å². The highest BCUT2D eigenvalue weighted by molar-refractivity contribution is 7.98. The Kier molecular flexibility index (Phi) is 6.45. The van der Waals surface area contributed by atoms with Gasteiger partial charge in [0.15, 0.2) is 5.82 Å². The first-order valence-electron chi connectivity index (χ1n) is 10.2. The lowest BCUT2D eigenvalue weighted by Gasteiger charge is -2.14. The molecule has 0 fully saturated rings. The number of halogens is 1. The van der Waals surface area contributed by atoms with Crippen LogP contribution in [0.4, 0.5) is 4.39 Å². The Hall–Kier alpha value is -3.33. The molecule has 2 aromatic carbocycles. The highest BCUT2D eigenvalue weighted by atomic mass is 32.2. The van der Waals surface area contributed by atoms with Crippen molar-refractivity contribution in [1.29, 1.82) is 0 Å². The van der Waals surface area contributed by atoms with Gasteiger partial charge in [-0.05, 0) is 54.3 Å². The molecule has 0 bridgehead atoms. The van der Waals surface area contributed by atoms with Crippen LogP contribution in [-0.2, 0) is 12.4 Å². The van der Waals surface area contributed by atoms with Gasteiger partial charge < -0.3 is 15.0 Å². The van der Waals surface area contributed by atoms with Crippen LogP contribution >= 0.6 is 11.8 Å². The van der Waals surface area contributed by atoms with Gasteiger partial charge in [0.05, 0.1) is 5.69 Å². The van der Waals surface area contributed by atoms with Crippen molar-refractivity contribution in [1.82, 2.24) is 19.9 Å². The number of rotatable bonds is 8. The van der Waals surface area contributed by atoms with Crippen LogP contribution in [0, 0.1) is 12.7 Å². The quantitative estimate of drug-likeness (QED) is 0.293. The van der Waals surface area contributed by atoms with E-state index in [2.05, 4.69) is 41.2 Å². The molecule has 0 atom stereocenters. The SMILES string of the molecule is Cc1ccc(C(C)C)c(OCc2nnc(SCc3coc(-c4ccc(F)cc4)n3)n2N)c1. The molecule has 0 unspecified atom stereocenters. The normalized spacial score (nSPS) is 11.3. The van der Waals surface area contributed by atoms with Crippen LogP contribution in [0.3, 0.4) is 0 Å². The van der Waals surface area contributed by atoms with E-state index in [-0.39, 0.29) is 12.4 Å². The number of aryl methyl sites for hydroxylation is 1. The van der Waals surface area contributed by atoms with Crippen molar-refractivity contribution in [2.75, 3.05) is 5.84 Å². The highest BCUT2D eigenvalue weighted by Crippen LogP contribution is 2.28. The van der Waals surface area contributed by atoms with Gasteiger partial charge in [0.25, 0.3) is 0 Å². The van der Waals surface area contributed by atoms with Crippen molar-refractivity contribution in [2.45, 2.75) is 44.2 Å². The number of benzene rings is 2. The average molecular weight is 454 g/mol. The monoisotopic (exact) mass is 453 g/mol. The number of aromatic nitrogens is 4. The molecule has 0 aliphatic heterocycles. The summed E-state index contributed by atoms with van der Waals surface area (Å²) in [5, 5.41) is 8.87. The lowest BCUT2D eigenvalue weighted by atomic mass is 10.0. The molecule has 0 saturated carbocycles. The van der Waals surface area contributed by atoms with Crippen molar-refractivity contribution in [3.05, 3.63) is 77.2 Å². The number of hydrogen-bond acceptors (Lipinski definition) is 7. The summed E-state index contributed by atoms with van der Waals surface area (Å²) in [5.74, 6) is 8.50. The maximum atomic E-state index is 13.1. The first-order valence-corrected chi connectivity index (χ1v) is 11.1. The van der Waals surface area contributed by atoms with E-state index in [4.69, 9.17) is 15.0 Å². The molecule has 7 nitrogen and oxygen atoms in total. The summed E-state index contributed by atoms with van der Waals surface area (Å²) in [6.45, 7) is 6.50. The van der Waals surface area contributed by atoms with E-state index >= 15 is 0 Å². The molecule has 2 N–H and O–H groups in total. The molecular weight excluding hydrogens is 429 g/mol. The number of hydrogen-bond donors (Lipinski definition) is 1. The van der Waals surface area contributed by atoms with Crippen LogP contribution < -0.4 is 10.6 Å². The van der Waals surface area contributed by atoms with Crippen LogP contribution in [0.2, 0.25) is 0 Å². The van der Waals surface area contributed by atoms with E-state index < -0.39 is 0 Å². The van der Waals surface area contributed by atoms with Gasteiger partial charge >= 0.3 is 0 Å². The summed E-state index contributed by atoms with van der Waals surface area (Å²) in [4.78, 5) is 4.44. The predicted molar refractivity (Wildman–Crippen MR) is 121 cm³/mol. The number of thioether (sulfide) groups is 1. The zero-order valence-corrected chi connectivity index (χ0v) is 18.9. The average Bonchev–Trinajstić information content (AvgIpc) is 3.38. The molecule has 0 aliphatic rings. The molecule has 0 aliphatic carbocycles. The summed E-state index contributed by atoms with van der Waals surface area (Å²) in [6, 6.07) is 12.2. The fourth-order valence-electron chi connectivity index (χ4n) is 3.13. The van der Waals surface area contributed by atoms with Gasteiger partial charge in [0.2, 0.25) is 11.0 Å². The molecule has 0 amide bonds. The minimum atomic E-state index is -0.305. The van der Waals surface area contributed by atoms with E-state index in [1.807, 2.05) is 13.0 Å². The van der Waals surface area contributed by atoms with Crippen molar-refractivity contribution < 1.29 is 13.5 Å². The third-order valence-electron chi connectivity index (χ3n) is 4.88. The summed E-state index contributed by atoms with van der Waals surface area (Å²) in [6.07, 6.45) is 1.57. The fourth-order valence-corrected chi connectivity index (χ4v) is 3.88. The predicted octanol–water partition coefficient (Wildman–Crippen LogP) is 5.09. The van der Waals surface area contributed by atoms with Gasteiger partial charge in [-0.1, -0.05) is 37.7 Å². The van der Waals surface area contributed by atoms with E-state index in [1.54, 1.807) is 18.4 Å². The summed E-state index contributed by atoms with van der Waals surface area (Å²) >= 11 is 1.39. The largest absolute Gasteiger partial charge is 0.485 e. The van der Waals surface area contributed by atoms with E-state index in [1.165, 1.54) is 28.6 Å². The van der Waals surface area contributed by atoms with Gasteiger partial charge in [-0.2, -0.15) is 0 Å². The molecule has 166 valence electrons. The molecule has 2 heterocycles. The summed E-state index contributed by atoms with van der Waals surface area (Å²) in [7, 11) is 0. The standard InChI is InChI=1S/C23H24FN5O2S/c1-14(2)19-9-4-15(3)10-20(19)30-12-21-27-28-23(29(21)25)32-13-18-11-31-22(26-18)16-5-7-17(24)8-6-16/h4-11,14H,12-13,25H2,1-3H3. The first-order chi connectivity index (χ1) is 15.4. The number of oxazole rings is 1. The zero-order valence-electron chi connectivity index (χ0n) is 18.1. The van der Waals surface area contributed by atoms with Gasteiger partial charge in [-0.25, -0.2) is 14.1 Å². The fraction of sp³-hybridized carbons (Fsp3) is 0.261. The smallest absolute Gasteiger partial charge is 0.226 e. The van der Waals surface area contributed by atoms with Gasteiger partial charge in [0.1, 0.15) is 24.4 Å². The molecule has 9 heteroatoms.